The molecule has 5 heteroatoms. The summed E-state index contributed by atoms with van der Waals surface area (Å²) in [6.45, 7) is 0. The van der Waals surface area contributed by atoms with E-state index in [9.17, 15) is 9.59 Å². The molecule has 0 saturated heterocycles. The van der Waals surface area contributed by atoms with Gasteiger partial charge in [-0.05, 0) is 49.9 Å². The zero-order valence-corrected chi connectivity index (χ0v) is 13.9. The number of nitrogens with one attached hydrogen (secondary N) is 2. The van der Waals surface area contributed by atoms with Gasteiger partial charge in [-0.15, -0.1) is 0 Å². The molecule has 0 radical (unpaired) electrons. The Kier molecular flexibility index (Phi) is 5.33. The van der Waals surface area contributed by atoms with Crippen molar-refractivity contribution in [3.8, 4) is 0 Å². The highest BCUT2D eigenvalue weighted by Gasteiger charge is 2.29. The van der Waals surface area contributed by atoms with Crippen molar-refractivity contribution in [3.05, 3.63) is 54.6 Å². The molecule has 1 saturated carbocycles. The molecule has 25 heavy (non-hydrogen) atoms. The van der Waals surface area contributed by atoms with Crippen molar-refractivity contribution in [2.24, 2.45) is 11.8 Å². The average Bonchev–Trinajstić information content (AvgIpc) is 2.64. The lowest BCUT2D eigenvalue weighted by atomic mass is 9.81. The Morgan fingerprint density at radius 3 is 2.00 bits per heavy atom. The quantitative estimate of drug-likeness (QED) is 0.761. The van der Waals surface area contributed by atoms with Crippen molar-refractivity contribution < 1.29 is 14.7 Å². The number of amides is 1. The lowest BCUT2D eigenvalue weighted by molar-refractivity contribution is -0.143. The van der Waals surface area contributed by atoms with E-state index < -0.39 is 5.97 Å². The predicted molar refractivity (Wildman–Crippen MR) is 97.9 cm³/mol. The molecule has 5 nitrogen and oxygen atoms in total. The van der Waals surface area contributed by atoms with Gasteiger partial charge in [0.15, 0.2) is 0 Å². The second-order valence-corrected chi connectivity index (χ2v) is 6.41. The minimum Gasteiger partial charge on any atom is -0.481 e. The van der Waals surface area contributed by atoms with Crippen molar-refractivity contribution in [2.75, 3.05) is 10.6 Å². The average molecular weight is 338 g/mol. The summed E-state index contributed by atoms with van der Waals surface area (Å²) in [4.78, 5) is 23.6. The van der Waals surface area contributed by atoms with E-state index in [0.29, 0.717) is 25.7 Å². The van der Waals surface area contributed by atoms with Crippen LogP contribution in [0.15, 0.2) is 54.6 Å². The van der Waals surface area contributed by atoms with E-state index >= 15 is 0 Å². The highest BCUT2D eigenvalue weighted by Crippen LogP contribution is 2.31. The second-order valence-electron chi connectivity index (χ2n) is 6.41. The molecule has 3 N–H and O–H groups in total. The van der Waals surface area contributed by atoms with E-state index in [1.165, 1.54) is 0 Å². The van der Waals surface area contributed by atoms with E-state index in [1.807, 2.05) is 54.6 Å². The first-order valence-corrected chi connectivity index (χ1v) is 8.58. The number of anilines is 3. The normalized spacial score (nSPS) is 19.8. The Bertz CT molecular complexity index is 738. The van der Waals surface area contributed by atoms with Crippen LogP contribution in [0.1, 0.15) is 25.7 Å². The van der Waals surface area contributed by atoms with E-state index in [-0.39, 0.29) is 17.7 Å². The van der Waals surface area contributed by atoms with Crippen LogP contribution >= 0.6 is 0 Å². The lowest BCUT2D eigenvalue weighted by Crippen LogP contribution is -2.29. The van der Waals surface area contributed by atoms with Gasteiger partial charge in [0.1, 0.15) is 0 Å². The Morgan fingerprint density at radius 2 is 1.36 bits per heavy atom. The van der Waals surface area contributed by atoms with Gasteiger partial charge in [0.2, 0.25) is 5.91 Å². The first kappa shape index (κ1) is 17.0. The van der Waals surface area contributed by atoms with Crippen molar-refractivity contribution in [1.29, 1.82) is 0 Å². The molecule has 0 bridgehead atoms. The second kappa shape index (κ2) is 7.83. The number of para-hydroxylation sites is 3. The van der Waals surface area contributed by atoms with Gasteiger partial charge < -0.3 is 15.7 Å². The first-order valence-electron chi connectivity index (χ1n) is 8.58. The summed E-state index contributed by atoms with van der Waals surface area (Å²) < 4.78 is 0. The number of carboxylic acids is 1. The first-order chi connectivity index (χ1) is 12.1. The van der Waals surface area contributed by atoms with Gasteiger partial charge in [0, 0.05) is 11.6 Å². The van der Waals surface area contributed by atoms with Crippen LogP contribution in [0.3, 0.4) is 0 Å². The van der Waals surface area contributed by atoms with Crippen LogP contribution in [0.4, 0.5) is 17.1 Å². The van der Waals surface area contributed by atoms with Crippen LogP contribution in [-0.4, -0.2) is 17.0 Å². The maximum absolute atomic E-state index is 12.6. The number of rotatable bonds is 5. The monoisotopic (exact) mass is 338 g/mol. The van der Waals surface area contributed by atoms with E-state index in [0.717, 1.165) is 17.1 Å². The van der Waals surface area contributed by atoms with Crippen LogP contribution in [0.5, 0.6) is 0 Å². The van der Waals surface area contributed by atoms with Gasteiger partial charge in [-0.25, -0.2) is 0 Å². The summed E-state index contributed by atoms with van der Waals surface area (Å²) >= 11 is 0. The molecule has 1 fully saturated rings. The Hall–Kier alpha value is -2.82. The van der Waals surface area contributed by atoms with Gasteiger partial charge in [-0.1, -0.05) is 30.3 Å². The molecule has 0 aromatic heterocycles. The standard InChI is InChI=1S/C20H22N2O3/c23-19(14-10-12-15(13-11-14)20(24)25)22-18-9-5-4-8-17(18)21-16-6-2-1-3-7-16/h1-9,14-15,21H,10-13H2,(H,22,23)(H,24,25). The molecule has 130 valence electrons. The molecule has 1 aliphatic carbocycles. The van der Waals surface area contributed by atoms with Gasteiger partial charge in [-0.3, -0.25) is 9.59 Å². The number of hydrogen-bond acceptors (Lipinski definition) is 3. The molecule has 0 atom stereocenters. The molecule has 1 amide bonds. The van der Waals surface area contributed by atoms with Gasteiger partial charge in [0.05, 0.1) is 17.3 Å². The van der Waals surface area contributed by atoms with Crippen LogP contribution in [-0.2, 0) is 9.59 Å². The molecule has 0 heterocycles. The zero-order valence-electron chi connectivity index (χ0n) is 13.9. The van der Waals surface area contributed by atoms with Crippen LogP contribution in [0.25, 0.3) is 0 Å². The summed E-state index contributed by atoms with van der Waals surface area (Å²) in [5.41, 5.74) is 2.52. The molecule has 2 aromatic carbocycles. The molecule has 2 aromatic rings. The topological polar surface area (TPSA) is 78.4 Å². The molecular weight excluding hydrogens is 316 g/mol. The zero-order chi connectivity index (χ0) is 17.6. The summed E-state index contributed by atoms with van der Waals surface area (Å²) in [5, 5.41) is 15.4. The summed E-state index contributed by atoms with van der Waals surface area (Å²) in [6.07, 6.45) is 2.38. The Labute approximate surface area is 147 Å². The maximum atomic E-state index is 12.6. The predicted octanol–water partition coefficient (Wildman–Crippen LogP) is 4.26. The molecule has 0 aliphatic heterocycles. The van der Waals surface area contributed by atoms with Crippen LogP contribution in [0.2, 0.25) is 0 Å². The lowest BCUT2D eigenvalue weighted by Gasteiger charge is -2.25. The van der Waals surface area contributed by atoms with E-state index in [2.05, 4.69) is 10.6 Å². The van der Waals surface area contributed by atoms with Crippen LogP contribution < -0.4 is 10.6 Å². The van der Waals surface area contributed by atoms with Crippen molar-refractivity contribution >= 4 is 28.9 Å². The third-order valence-electron chi connectivity index (χ3n) is 4.68. The Balaban J connectivity index is 1.65. The number of benzene rings is 2. The molecule has 0 spiro atoms. The number of carbonyl (C=O) groups is 2. The van der Waals surface area contributed by atoms with Crippen molar-refractivity contribution in [2.45, 2.75) is 25.7 Å². The highest BCUT2D eigenvalue weighted by atomic mass is 16.4. The van der Waals surface area contributed by atoms with Crippen molar-refractivity contribution in [1.82, 2.24) is 0 Å². The third kappa shape index (κ3) is 4.38. The summed E-state index contributed by atoms with van der Waals surface area (Å²) in [6, 6.07) is 17.4. The number of aliphatic carboxylic acids is 1. The number of hydrogen-bond donors (Lipinski definition) is 3. The summed E-state index contributed by atoms with van der Waals surface area (Å²) in [7, 11) is 0. The van der Waals surface area contributed by atoms with Gasteiger partial charge >= 0.3 is 5.97 Å². The SMILES string of the molecule is O=C(O)C1CCC(C(=O)Nc2ccccc2Nc2ccccc2)CC1. The fourth-order valence-electron chi connectivity index (χ4n) is 3.22. The highest BCUT2D eigenvalue weighted by molar-refractivity contribution is 5.96. The third-order valence-corrected chi connectivity index (χ3v) is 4.68. The fraction of sp³-hybridized carbons (Fsp3) is 0.300. The number of carboxylic acid groups (broad SMARTS) is 1. The molecule has 3 rings (SSSR count). The minimum atomic E-state index is -0.753. The Morgan fingerprint density at radius 1 is 0.800 bits per heavy atom. The van der Waals surface area contributed by atoms with Crippen LogP contribution in [0, 0.1) is 11.8 Å². The van der Waals surface area contributed by atoms with E-state index in [1.54, 1.807) is 0 Å². The van der Waals surface area contributed by atoms with Gasteiger partial charge in [-0.2, -0.15) is 0 Å². The number of carbonyl (C=O) groups excluding carboxylic acids is 1. The molecule has 0 unspecified atom stereocenters. The minimum absolute atomic E-state index is 0.0360. The largest absolute Gasteiger partial charge is 0.481 e. The smallest absolute Gasteiger partial charge is 0.306 e. The molecular formula is C20H22N2O3. The van der Waals surface area contributed by atoms with Gasteiger partial charge in [0.25, 0.3) is 0 Å². The maximum Gasteiger partial charge on any atom is 0.306 e. The van der Waals surface area contributed by atoms with E-state index in [4.69, 9.17) is 5.11 Å². The summed E-state index contributed by atoms with van der Waals surface area (Å²) in [5.74, 6) is -1.22. The fourth-order valence-corrected chi connectivity index (χ4v) is 3.22. The van der Waals surface area contributed by atoms with Crippen molar-refractivity contribution in [3.63, 3.8) is 0 Å². The molecule has 1 aliphatic rings.